The van der Waals surface area contributed by atoms with Crippen LogP contribution < -0.4 is 5.32 Å². The number of thiazole rings is 1. The molecular weight excluding hydrogens is 290 g/mol. The zero-order chi connectivity index (χ0) is 13.9. The third-order valence-electron chi connectivity index (χ3n) is 3.34. The van der Waals surface area contributed by atoms with Crippen LogP contribution in [0.2, 0.25) is 5.02 Å². The fourth-order valence-electron chi connectivity index (χ4n) is 2.09. The van der Waals surface area contributed by atoms with Crippen LogP contribution in [0.3, 0.4) is 0 Å². The highest BCUT2D eigenvalue weighted by Crippen LogP contribution is 2.29. The normalized spacial score (nSPS) is 14.7. The van der Waals surface area contributed by atoms with Crippen LogP contribution in [0.25, 0.3) is 10.7 Å². The van der Waals surface area contributed by atoms with E-state index in [2.05, 4.69) is 17.2 Å². The lowest BCUT2D eigenvalue weighted by atomic mass is 10.2. The molecule has 1 saturated carbocycles. The highest BCUT2D eigenvalue weighted by atomic mass is 35.5. The van der Waals surface area contributed by atoms with E-state index in [4.69, 9.17) is 16.6 Å². The number of hydrogen-bond donors (Lipinski definition) is 1. The summed E-state index contributed by atoms with van der Waals surface area (Å²) in [7, 11) is 0. The predicted octanol–water partition coefficient (Wildman–Crippen LogP) is 4.06. The third kappa shape index (κ3) is 3.37. The number of nitrogens with one attached hydrogen (secondary N) is 1. The summed E-state index contributed by atoms with van der Waals surface area (Å²) in [5.74, 6) is 0. The first-order valence-electron chi connectivity index (χ1n) is 7.10. The van der Waals surface area contributed by atoms with Crippen molar-refractivity contribution in [1.82, 2.24) is 15.3 Å². The van der Waals surface area contributed by atoms with Crippen LogP contribution in [-0.4, -0.2) is 16.0 Å². The van der Waals surface area contributed by atoms with Gasteiger partial charge in [0, 0.05) is 23.7 Å². The van der Waals surface area contributed by atoms with Crippen molar-refractivity contribution in [1.29, 1.82) is 0 Å². The molecule has 0 spiro atoms. The van der Waals surface area contributed by atoms with E-state index in [1.54, 1.807) is 17.5 Å². The SMILES string of the molecule is CCCc1nc(-c2ccc(Cl)cn2)sc1CNC1CC1. The molecule has 0 amide bonds. The van der Waals surface area contributed by atoms with Gasteiger partial charge in [-0.1, -0.05) is 24.9 Å². The molecule has 20 heavy (non-hydrogen) atoms. The van der Waals surface area contributed by atoms with E-state index in [1.807, 2.05) is 12.1 Å². The van der Waals surface area contributed by atoms with Crippen LogP contribution in [-0.2, 0) is 13.0 Å². The number of rotatable bonds is 6. The van der Waals surface area contributed by atoms with Gasteiger partial charge in [-0.2, -0.15) is 0 Å². The van der Waals surface area contributed by atoms with Gasteiger partial charge >= 0.3 is 0 Å². The van der Waals surface area contributed by atoms with Gasteiger partial charge in [0.2, 0.25) is 0 Å². The van der Waals surface area contributed by atoms with Gasteiger partial charge in [0.1, 0.15) is 5.01 Å². The van der Waals surface area contributed by atoms with E-state index < -0.39 is 0 Å². The Kier molecular flexibility index (Phi) is 4.34. The minimum absolute atomic E-state index is 0.662. The molecule has 1 aliphatic rings. The second kappa shape index (κ2) is 6.20. The van der Waals surface area contributed by atoms with E-state index >= 15 is 0 Å². The maximum Gasteiger partial charge on any atom is 0.142 e. The van der Waals surface area contributed by atoms with Crippen molar-refractivity contribution in [3.05, 3.63) is 33.9 Å². The van der Waals surface area contributed by atoms with Crippen molar-refractivity contribution >= 4 is 22.9 Å². The minimum Gasteiger partial charge on any atom is -0.309 e. The fourth-order valence-corrected chi connectivity index (χ4v) is 3.24. The second-order valence-electron chi connectivity index (χ2n) is 5.16. The van der Waals surface area contributed by atoms with Crippen molar-refractivity contribution in [2.75, 3.05) is 0 Å². The van der Waals surface area contributed by atoms with Gasteiger partial charge in [0.15, 0.2) is 0 Å². The van der Waals surface area contributed by atoms with E-state index in [9.17, 15) is 0 Å². The van der Waals surface area contributed by atoms with Gasteiger partial charge in [-0.15, -0.1) is 11.3 Å². The average molecular weight is 308 g/mol. The Morgan fingerprint density at radius 1 is 1.40 bits per heavy atom. The summed E-state index contributed by atoms with van der Waals surface area (Å²) in [4.78, 5) is 10.5. The van der Waals surface area contributed by atoms with Gasteiger partial charge in [-0.05, 0) is 31.4 Å². The molecule has 0 atom stereocenters. The molecule has 0 bridgehead atoms. The molecule has 106 valence electrons. The Morgan fingerprint density at radius 3 is 2.90 bits per heavy atom. The van der Waals surface area contributed by atoms with Crippen LogP contribution in [0.4, 0.5) is 0 Å². The van der Waals surface area contributed by atoms with Crippen molar-refractivity contribution < 1.29 is 0 Å². The molecule has 2 aromatic rings. The molecule has 0 unspecified atom stereocenters. The summed E-state index contributed by atoms with van der Waals surface area (Å²) in [6, 6.07) is 4.53. The predicted molar refractivity (Wildman–Crippen MR) is 84.2 cm³/mol. The third-order valence-corrected chi connectivity index (χ3v) is 4.68. The van der Waals surface area contributed by atoms with E-state index in [-0.39, 0.29) is 0 Å². The van der Waals surface area contributed by atoms with Crippen LogP contribution in [0.5, 0.6) is 0 Å². The zero-order valence-electron chi connectivity index (χ0n) is 11.5. The number of aryl methyl sites for hydroxylation is 1. The first kappa shape index (κ1) is 14.0. The van der Waals surface area contributed by atoms with Gasteiger partial charge < -0.3 is 5.32 Å². The molecule has 1 aliphatic carbocycles. The lowest BCUT2D eigenvalue weighted by Crippen LogP contribution is -2.15. The molecule has 2 heterocycles. The van der Waals surface area contributed by atoms with Crippen molar-refractivity contribution in [3.63, 3.8) is 0 Å². The molecule has 2 aromatic heterocycles. The Bertz CT molecular complexity index is 575. The summed E-state index contributed by atoms with van der Waals surface area (Å²) in [5.41, 5.74) is 2.13. The Labute approximate surface area is 128 Å². The van der Waals surface area contributed by atoms with Crippen LogP contribution in [0, 0.1) is 0 Å². The standard InChI is InChI=1S/C15H18ClN3S/c1-2-3-12-14(9-17-11-5-6-11)20-15(19-12)13-7-4-10(16)8-18-13/h4,7-8,11,17H,2-3,5-6,9H2,1H3. The summed E-state index contributed by atoms with van der Waals surface area (Å²) in [5, 5.41) is 5.23. The lowest BCUT2D eigenvalue weighted by Gasteiger charge is -2.01. The fraction of sp³-hybridized carbons (Fsp3) is 0.467. The molecule has 0 aromatic carbocycles. The average Bonchev–Trinajstić information content (AvgIpc) is 3.19. The second-order valence-corrected chi connectivity index (χ2v) is 6.68. The highest BCUT2D eigenvalue weighted by Gasteiger charge is 2.21. The number of aromatic nitrogens is 2. The lowest BCUT2D eigenvalue weighted by molar-refractivity contribution is 0.686. The first-order chi connectivity index (χ1) is 9.76. The van der Waals surface area contributed by atoms with Crippen LogP contribution in [0.1, 0.15) is 36.8 Å². The summed E-state index contributed by atoms with van der Waals surface area (Å²) < 4.78 is 0. The maximum absolute atomic E-state index is 5.89. The van der Waals surface area contributed by atoms with Crippen LogP contribution in [0.15, 0.2) is 18.3 Å². The molecule has 3 rings (SSSR count). The smallest absolute Gasteiger partial charge is 0.142 e. The summed E-state index contributed by atoms with van der Waals surface area (Å²) >= 11 is 7.64. The van der Waals surface area contributed by atoms with Gasteiger partial charge in [-0.3, -0.25) is 4.98 Å². The Hall–Kier alpha value is -0.970. The maximum atomic E-state index is 5.89. The van der Waals surface area contributed by atoms with Gasteiger partial charge in [-0.25, -0.2) is 4.98 Å². The van der Waals surface area contributed by atoms with E-state index in [1.165, 1.54) is 23.4 Å². The van der Waals surface area contributed by atoms with Crippen molar-refractivity contribution in [2.45, 2.75) is 45.2 Å². The molecule has 0 aliphatic heterocycles. The number of hydrogen-bond acceptors (Lipinski definition) is 4. The largest absolute Gasteiger partial charge is 0.309 e. The zero-order valence-corrected chi connectivity index (χ0v) is 13.1. The molecule has 3 nitrogen and oxygen atoms in total. The molecule has 1 N–H and O–H groups in total. The molecule has 0 saturated heterocycles. The monoisotopic (exact) mass is 307 g/mol. The quantitative estimate of drug-likeness (QED) is 0.874. The van der Waals surface area contributed by atoms with Gasteiger partial charge in [0.05, 0.1) is 16.4 Å². The Balaban J connectivity index is 1.82. The number of pyridine rings is 1. The van der Waals surface area contributed by atoms with Crippen molar-refractivity contribution in [3.8, 4) is 10.7 Å². The molecule has 0 radical (unpaired) electrons. The first-order valence-corrected chi connectivity index (χ1v) is 8.29. The van der Waals surface area contributed by atoms with Crippen LogP contribution >= 0.6 is 22.9 Å². The number of nitrogens with zero attached hydrogens (tertiary/aromatic N) is 2. The molecular formula is C15H18ClN3S. The summed E-state index contributed by atoms with van der Waals surface area (Å²) in [6.45, 7) is 3.13. The topological polar surface area (TPSA) is 37.8 Å². The van der Waals surface area contributed by atoms with E-state index in [0.717, 1.165) is 36.1 Å². The highest BCUT2D eigenvalue weighted by molar-refractivity contribution is 7.15. The summed E-state index contributed by atoms with van der Waals surface area (Å²) in [6.07, 6.45) is 6.46. The minimum atomic E-state index is 0.662. The Morgan fingerprint density at radius 2 is 2.25 bits per heavy atom. The van der Waals surface area contributed by atoms with Gasteiger partial charge in [0.25, 0.3) is 0 Å². The van der Waals surface area contributed by atoms with Crippen molar-refractivity contribution in [2.24, 2.45) is 0 Å². The molecule has 1 fully saturated rings. The molecule has 5 heteroatoms. The van der Waals surface area contributed by atoms with E-state index in [0.29, 0.717) is 5.02 Å². The number of halogens is 1.